The van der Waals surface area contributed by atoms with Gasteiger partial charge >= 0.3 is 0 Å². The highest BCUT2D eigenvalue weighted by molar-refractivity contribution is 6.07. The van der Waals surface area contributed by atoms with E-state index >= 15 is 0 Å². The maximum Gasteiger partial charge on any atom is 0.264 e. The summed E-state index contributed by atoms with van der Waals surface area (Å²) < 4.78 is 5.09. The summed E-state index contributed by atoms with van der Waals surface area (Å²) in [5, 5.41) is 5.96. The summed E-state index contributed by atoms with van der Waals surface area (Å²) in [7, 11) is 1.61. The Hall–Kier alpha value is -3.58. The van der Waals surface area contributed by atoms with Crippen LogP contribution in [0.1, 0.15) is 5.56 Å². The Labute approximate surface area is 145 Å². The number of carbonyl (C=O) groups is 1. The lowest BCUT2D eigenvalue weighted by molar-refractivity contribution is -0.116. The Morgan fingerprint density at radius 2 is 1.96 bits per heavy atom. The molecule has 0 radical (unpaired) electrons. The molecule has 0 spiro atoms. The molecule has 1 N–H and O–H groups in total. The number of nitrogens with one attached hydrogen (secondary N) is 1. The van der Waals surface area contributed by atoms with Gasteiger partial charge in [-0.05, 0) is 41.1 Å². The van der Waals surface area contributed by atoms with Gasteiger partial charge in [-0.15, -0.1) is 0 Å². The number of allylic oxidation sites excluding steroid dienone is 1. The topological polar surface area (TPSA) is 50.7 Å². The van der Waals surface area contributed by atoms with Gasteiger partial charge in [0.25, 0.3) is 5.91 Å². The predicted molar refractivity (Wildman–Crippen MR) is 99.3 cm³/mol. The average Bonchev–Trinajstić information content (AvgIpc) is 2.67. The Balaban J connectivity index is 1.65. The molecule has 1 amide bonds. The molecule has 0 unspecified atom stereocenters. The van der Waals surface area contributed by atoms with Crippen molar-refractivity contribution in [2.45, 2.75) is 0 Å². The van der Waals surface area contributed by atoms with Crippen LogP contribution in [0, 0.1) is 0 Å². The van der Waals surface area contributed by atoms with Gasteiger partial charge in [-0.2, -0.15) is 5.10 Å². The highest BCUT2D eigenvalue weighted by Gasteiger charge is 1.97. The minimum Gasteiger partial charge on any atom is -0.497 e. The Morgan fingerprint density at radius 3 is 2.76 bits per heavy atom. The molecule has 2 aromatic rings. The molecule has 25 heavy (non-hydrogen) atoms. The lowest BCUT2D eigenvalue weighted by Crippen LogP contribution is -2.27. The van der Waals surface area contributed by atoms with Crippen molar-refractivity contribution in [3.8, 4) is 5.75 Å². The summed E-state index contributed by atoms with van der Waals surface area (Å²) >= 11 is 0. The highest BCUT2D eigenvalue weighted by Crippen LogP contribution is 2.12. The first-order valence-electron chi connectivity index (χ1n) is 7.72. The number of nitrogens with zero attached hydrogens (tertiary/aromatic N) is 1. The van der Waals surface area contributed by atoms with Gasteiger partial charge < -0.3 is 4.74 Å². The van der Waals surface area contributed by atoms with Gasteiger partial charge in [-0.3, -0.25) is 4.79 Å². The number of hydrogen-bond acceptors (Lipinski definition) is 3. The molecule has 0 heterocycles. The number of carbonyl (C=O) groups excluding carboxylic acids is 1. The molecule has 1 aliphatic carbocycles. The molecule has 0 saturated carbocycles. The zero-order chi connectivity index (χ0) is 17.5. The Morgan fingerprint density at radius 1 is 1.16 bits per heavy atom. The number of hydrazone groups is 1. The molecule has 0 aliphatic heterocycles. The van der Waals surface area contributed by atoms with Crippen LogP contribution in [0.3, 0.4) is 0 Å². The molecule has 0 fully saturated rings. The van der Waals surface area contributed by atoms with Crippen molar-refractivity contribution in [1.82, 2.24) is 5.43 Å². The number of hydrogen-bond donors (Lipinski definition) is 1. The Kier molecular flexibility index (Phi) is 5.08. The molecule has 4 nitrogen and oxygen atoms in total. The molecule has 0 bridgehead atoms. The number of fused-ring (bicyclic) bond motifs is 1. The molecule has 0 aromatic heterocycles. The van der Waals surface area contributed by atoms with Gasteiger partial charge in [0.05, 0.1) is 13.3 Å². The van der Waals surface area contributed by atoms with Crippen molar-refractivity contribution in [3.63, 3.8) is 0 Å². The van der Waals surface area contributed by atoms with Gasteiger partial charge in [-0.1, -0.05) is 41.8 Å². The van der Waals surface area contributed by atoms with E-state index in [4.69, 9.17) is 4.74 Å². The van der Waals surface area contributed by atoms with Gasteiger partial charge in [0.2, 0.25) is 0 Å². The molecular formula is C21H16N2O2. The summed E-state index contributed by atoms with van der Waals surface area (Å²) in [5.41, 5.74) is 10.2. The zero-order valence-corrected chi connectivity index (χ0v) is 13.7. The minimum absolute atomic E-state index is 0.303. The van der Waals surface area contributed by atoms with E-state index in [2.05, 4.69) is 22.0 Å². The molecule has 0 atom stereocenters. The molecule has 2 aromatic carbocycles. The maximum atomic E-state index is 11.8. The Bertz CT molecular complexity index is 1030. The fraction of sp³-hybridized carbons (Fsp3) is 0.0476. The standard InChI is InChI=1S/C21H16N2O2/c1-25-19-12-9-16(10-13-19)11-14-21(24)23-22-15-18-7-4-6-17-5-2-3-8-20(17)18/h2-3,5,7-15H,1H3,(H,23,24)/b14-11+,22-15+. The van der Waals surface area contributed by atoms with Crippen molar-refractivity contribution in [2.24, 2.45) is 5.10 Å². The summed E-state index contributed by atoms with van der Waals surface area (Å²) in [5.74, 6) is 0.471. The summed E-state index contributed by atoms with van der Waals surface area (Å²) in [6, 6.07) is 15.2. The third-order valence-corrected chi connectivity index (χ3v) is 3.59. The molecule has 0 saturated heterocycles. The van der Waals surface area contributed by atoms with E-state index in [-0.39, 0.29) is 5.91 Å². The van der Waals surface area contributed by atoms with Crippen LogP contribution in [0.15, 0.2) is 71.5 Å². The number of ether oxygens (including phenoxy) is 1. The molecule has 1 aliphatic rings. The third kappa shape index (κ3) is 4.24. The molecule has 3 rings (SSSR count). The fourth-order valence-electron chi connectivity index (χ4n) is 2.31. The van der Waals surface area contributed by atoms with E-state index in [0.29, 0.717) is 0 Å². The van der Waals surface area contributed by atoms with Crippen molar-refractivity contribution in [3.05, 3.63) is 82.4 Å². The zero-order valence-electron chi connectivity index (χ0n) is 13.7. The van der Waals surface area contributed by atoms with Crippen LogP contribution in [-0.2, 0) is 4.79 Å². The van der Waals surface area contributed by atoms with Gasteiger partial charge in [0.15, 0.2) is 0 Å². The minimum atomic E-state index is -0.303. The largest absolute Gasteiger partial charge is 0.497 e. The fourth-order valence-corrected chi connectivity index (χ4v) is 2.31. The van der Waals surface area contributed by atoms with Crippen molar-refractivity contribution in [2.75, 3.05) is 7.11 Å². The van der Waals surface area contributed by atoms with E-state index in [1.165, 1.54) is 6.08 Å². The quantitative estimate of drug-likeness (QED) is 0.394. The van der Waals surface area contributed by atoms with Crippen LogP contribution in [0.5, 0.6) is 5.75 Å². The first kappa shape index (κ1) is 16.3. The van der Waals surface area contributed by atoms with Crippen LogP contribution in [0.4, 0.5) is 0 Å². The molecular weight excluding hydrogens is 312 g/mol. The summed E-state index contributed by atoms with van der Waals surface area (Å²) in [6.45, 7) is 0. The van der Waals surface area contributed by atoms with E-state index in [1.54, 1.807) is 25.5 Å². The van der Waals surface area contributed by atoms with Gasteiger partial charge in [0, 0.05) is 16.9 Å². The number of benzene rings is 2. The van der Waals surface area contributed by atoms with Crippen LogP contribution in [-0.4, -0.2) is 19.2 Å². The van der Waals surface area contributed by atoms with Crippen molar-refractivity contribution in [1.29, 1.82) is 0 Å². The van der Waals surface area contributed by atoms with Crippen LogP contribution < -0.4 is 20.6 Å². The predicted octanol–water partition coefficient (Wildman–Crippen LogP) is 1.77. The summed E-state index contributed by atoms with van der Waals surface area (Å²) in [4.78, 5) is 11.8. The maximum absolute atomic E-state index is 11.8. The third-order valence-electron chi connectivity index (χ3n) is 3.59. The van der Waals surface area contributed by atoms with Gasteiger partial charge in [0.1, 0.15) is 5.75 Å². The summed E-state index contributed by atoms with van der Waals surface area (Å²) in [6.07, 6.45) is 6.53. The monoisotopic (exact) mass is 328 g/mol. The average molecular weight is 328 g/mol. The first-order chi connectivity index (χ1) is 12.3. The second kappa shape index (κ2) is 7.80. The smallest absolute Gasteiger partial charge is 0.264 e. The van der Waals surface area contributed by atoms with Crippen LogP contribution in [0.25, 0.3) is 17.4 Å². The second-order valence-electron chi connectivity index (χ2n) is 5.26. The van der Waals surface area contributed by atoms with Crippen LogP contribution in [0.2, 0.25) is 0 Å². The van der Waals surface area contributed by atoms with Crippen molar-refractivity contribution < 1.29 is 9.53 Å². The highest BCUT2D eigenvalue weighted by atomic mass is 16.5. The lowest BCUT2D eigenvalue weighted by Gasteiger charge is -1.99. The van der Waals surface area contributed by atoms with E-state index in [9.17, 15) is 4.79 Å². The van der Waals surface area contributed by atoms with E-state index in [0.717, 1.165) is 27.3 Å². The lowest BCUT2D eigenvalue weighted by atomic mass is 10.1. The van der Waals surface area contributed by atoms with E-state index in [1.807, 2.05) is 48.5 Å². The van der Waals surface area contributed by atoms with Gasteiger partial charge in [-0.25, -0.2) is 5.43 Å². The normalized spacial score (nSPS) is 12.3. The van der Waals surface area contributed by atoms with E-state index < -0.39 is 0 Å². The first-order valence-corrected chi connectivity index (χ1v) is 7.72. The van der Waals surface area contributed by atoms with Crippen LogP contribution >= 0.6 is 0 Å². The van der Waals surface area contributed by atoms with Crippen molar-refractivity contribution >= 4 is 29.5 Å². The second-order valence-corrected chi connectivity index (χ2v) is 5.26. The number of rotatable bonds is 5. The number of methoxy groups -OCH3 is 1. The molecule has 4 heteroatoms. The molecule has 122 valence electrons. The number of amides is 1. The SMILES string of the molecule is COc1ccc(/C=C/C(=O)N/N=C/C2=c3ccccc3=C=C=C2)cc1.